The Labute approximate surface area is 157 Å². The molecule has 6 heteroatoms. The van der Waals surface area contributed by atoms with Crippen molar-refractivity contribution in [3.8, 4) is 0 Å². The molecule has 132 valence electrons. The monoisotopic (exact) mass is 376 g/mol. The maximum absolute atomic E-state index is 11.9. The highest BCUT2D eigenvalue weighted by atomic mass is 35.5. The van der Waals surface area contributed by atoms with Crippen LogP contribution in [0.4, 0.5) is 4.79 Å². The van der Waals surface area contributed by atoms with Gasteiger partial charge in [-0.05, 0) is 30.9 Å². The Morgan fingerprint density at radius 3 is 2.20 bits per heavy atom. The highest BCUT2D eigenvalue weighted by Gasteiger charge is 2.13. The SMILES string of the molecule is CCOC(=O)N(C)N=C(c1ccc(Cl)cc1)c1ccc(CSC)cc1. The zero-order chi connectivity index (χ0) is 18.2. The average Bonchev–Trinajstić information content (AvgIpc) is 2.62. The Morgan fingerprint density at radius 2 is 1.68 bits per heavy atom. The molecule has 0 aromatic heterocycles. The summed E-state index contributed by atoms with van der Waals surface area (Å²) in [4.78, 5) is 11.9. The molecule has 0 radical (unpaired) electrons. The first kappa shape index (κ1) is 19.3. The van der Waals surface area contributed by atoms with Crippen molar-refractivity contribution < 1.29 is 9.53 Å². The van der Waals surface area contributed by atoms with E-state index in [9.17, 15) is 4.79 Å². The molecule has 2 rings (SSSR count). The second-order valence-corrected chi connectivity index (χ2v) is 6.61. The molecule has 0 saturated heterocycles. The Morgan fingerprint density at radius 1 is 1.12 bits per heavy atom. The van der Waals surface area contributed by atoms with Crippen LogP contribution in [0.5, 0.6) is 0 Å². The number of carbonyl (C=O) groups excluding carboxylic acids is 1. The van der Waals surface area contributed by atoms with E-state index in [0.29, 0.717) is 17.3 Å². The van der Waals surface area contributed by atoms with E-state index >= 15 is 0 Å². The van der Waals surface area contributed by atoms with Crippen molar-refractivity contribution >= 4 is 35.2 Å². The van der Waals surface area contributed by atoms with Crippen molar-refractivity contribution in [1.82, 2.24) is 5.01 Å². The highest BCUT2D eigenvalue weighted by molar-refractivity contribution is 7.97. The predicted molar refractivity (Wildman–Crippen MR) is 106 cm³/mol. The first-order valence-electron chi connectivity index (χ1n) is 7.88. The van der Waals surface area contributed by atoms with Crippen molar-refractivity contribution in [2.24, 2.45) is 5.10 Å². The van der Waals surface area contributed by atoms with Gasteiger partial charge in [-0.15, -0.1) is 0 Å². The van der Waals surface area contributed by atoms with E-state index < -0.39 is 6.09 Å². The van der Waals surface area contributed by atoms with Crippen LogP contribution in [0.2, 0.25) is 5.02 Å². The zero-order valence-corrected chi connectivity index (χ0v) is 16.1. The summed E-state index contributed by atoms with van der Waals surface area (Å²) in [5.41, 5.74) is 3.72. The molecule has 25 heavy (non-hydrogen) atoms. The van der Waals surface area contributed by atoms with Gasteiger partial charge in [0.2, 0.25) is 0 Å². The van der Waals surface area contributed by atoms with E-state index in [1.54, 1.807) is 37.9 Å². The van der Waals surface area contributed by atoms with Gasteiger partial charge < -0.3 is 4.74 Å². The number of hydrogen-bond donors (Lipinski definition) is 0. The molecule has 4 nitrogen and oxygen atoms in total. The van der Waals surface area contributed by atoms with E-state index in [4.69, 9.17) is 16.3 Å². The van der Waals surface area contributed by atoms with Gasteiger partial charge in [0.25, 0.3) is 0 Å². The molecule has 0 aliphatic heterocycles. The average molecular weight is 377 g/mol. The lowest BCUT2D eigenvalue weighted by Gasteiger charge is -2.15. The number of rotatable bonds is 6. The predicted octanol–water partition coefficient (Wildman–Crippen LogP) is 5.04. The summed E-state index contributed by atoms with van der Waals surface area (Å²) in [6, 6.07) is 15.5. The number of amides is 1. The first-order valence-corrected chi connectivity index (χ1v) is 9.65. The summed E-state index contributed by atoms with van der Waals surface area (Å²) in [5, 5.41) is 6.33. The number of carbonyl (C=O) groups is 1. The Balaban J connectivity index is 2.41. The number of nitrogens with zero attached hydrogens (tertiary/aromatic N) is 2. The summed E-state index contributed by atoms with van der Waals surface area (Å²) in [6.07, 6.45) is 1.58. The summed E-state index contributed by atoms with van der Waals surface area (Å²) in [7, 11) is 1.58. The minimum Gasteiger partial charge on any atom is -0.448 e. The molecule has 1 amide bonds. The third-order valence-electron chi connectivity index (χ3n) is 3.44. The van der Waals surface area contributed by atoms with Crippen LogP contribution in [-0.2, 0) is 10.5 Å². The zero-order valence-electron chi connectivity index (χ0n) is 14.5. The highest BCUT2D eigenvalue weighted by Crippen LogP contribution is 2.17. The topological polar surface area (TPSA) is 41.9 Å². The van der Waals surface area contributed by atoms with Crippen LogP contribution in [0.25, 0.3) is 0 Å². The van der Waals surface area contributed by atoms with Crippen molar-refractivity contribution in [3.63, 3.8) is 0 Å². The largest absolute Gasteiger partial charge is 0.448 e. The molecule has 0 aliphatic rings. The third kappa shape index (κ3) is 5.51. The van der Waals surface area contributed by atoms with Crippen LogP contribution in [0, 0.1) is 0 Å². The van der Waals surface area contributed by atoms with Crippen molar-refractivity contribution in [2.45, 2.75) is 12.7 Å². The van der Waals surface area contributed by atoms with Gasteiger partial charge in [0, 0.05) is 29.0 Å². The maximum atomic E-state index is 11.9. The van der Waals surface area contributed by atoms with E-state index in [-0.39, 0.29) is 0 Å². The van der Waals surface area contributed by atoms with Crippen LogP contribution in [0.3, 0.4) is 0 Å². The molecule has 0 fully saturated rings. The van der Waals surface area contributed by atoms with Crippen molar-refractivity contribution in [2.75, 3.05) is 19.9 Å². The second kappa shape index (κ2) is 9.49. The molecule has 2 aromatic carbocycles. The van der Waals surface area contributed by atoms with Crippen LogP contribution >= 0.6 is 23.4 Å². The van der Waals surface area contributed by atoms with Gasteiger partial charge in [-0.2, -0.15) is 16.9 Å². The molecule has 0 atom stereocenters. The Hall–Kier alpha value is -1.98. The fourth-order valence-corrected chi connectivity index (χ4v) is 2.87. The fraction of sp³-hybridized carbons (Fsp3) is 0.263. The second-order valence-electron chi connectivity index (χ2n) is 5.31. The van der Waals surface area contributed by atoms with Crippen LogP contribution < -0.4 is 0 Å². The van der Waals surface area contributed by atoms with Gasteiger partial charge >= 0.3 is 6.09 Å². The van der Waals surface area contributed by atoms with Crippen LogP contribution in [0.15, 0.2) is 53.6 Å². The minimum absolute atomic E-state index is 0.304. The van der Waals surface area contributed by atoms with E-state index in [0.717, 1.165) is 16.9 Å². The fourth-order valence-electron chi connectivity index (χ4n) is 2.22. The normalized spacial score (nSPS) is 11.3. The molecule has 0 unspecified atom stereocenters. The number of ether oxygens (including phenoxy) is 1. The molecule has 0 saturated carbocycles. The van der Waals surface area contributed by atoms with Gasteiger partial charge in [-0.1, -0.05) is 48.0 Å². The standard InChI is InChI=1S/C19H21ClN2O2S/c1-4-24-19(23)22(2)21-18(16-9-11-17(20)12-10-16)15-7-5-14(6-8-15)13-25-3/h5-12H,4,13H2,1-3H3. The lowest BCUT2D eigenvalue weighted by atomic mass is 10.0. The van der Waals surface area contributed by atoms with Crippen LogP contribution in [0.1, 0.15) is 23.6 Å². The summed E-state index contributed by atoms with van der Waals surface area (Å²) in [6.45, 7) is 2.07. The van der Waals surface area contributed by atoms with Gasteiger partial charge in [0.15, 0.2) is 0 Å². The quantitative estimate of drug-likeness (QED) is 0.523. The van der Waals surface area contributed by atoms with E-state index in [2.05, 4.69) is 23.5 Å². The third-order valence-corrected chi connectivity index (χ3v) is 4.31. The maximum Gasteiger partial charge on any atom is 0.430 e. The lowest BCUT2D eigenvalue weighted by molar-refractivity contribution is 0.117. The number of halogens is 1. The molecule has 2 aromatic rings. The van der Waals surface area contributed by atoms with Gasteiger partial charge in [0.1, 0.15) is 0 Å². The Bertz CT molecular complexity index is 730. The van der Waals surface area contributed by atoms with Gasteiger partial charge in [-0.3, -0.25) is 0 Å². The summed E-state index contributed by atoms with van der Waals surface area (Å²) in [5.74, 6) is 0.955. The van der Waals surface area contributed by atoms with Crippen molar-refractivity contribution in [1.29, 1.82) is 0 Å². The molecular formula is C19H21ClN2O2S. The number of hydrazone groups is 1. The van der Waals surface area contributed by atoms with E-state index in [1.165, 1.54) is 10.6 Å². The minimum atomic E-state index is -0.493. The van der Waals surface area contributed by atoms with Gasteiger partial charge in [-0.25, -0.2) is 9.80 Å². The number of benzene rings is 2. The van der Waals surface area contributed by atoms with Crippen molar-refractivity contribution in [3.05, 3.63) is 70.2 Å². The molecule has 0 spiro atoms. The smallest absolute Gasteiger partial charge is 0.430 e. The first-order chi connectivity index (χ1) is 12.0. The van der Waals surface area contributed by atoms with E-state index in [1.807, 2.05) is 24.3 Å². The molecule has 0 heterocycles. The Kier molecular flexibility index (Phi) is 7.34. The lowest BCUT2D eigenvalue weighted by Crippen LogP contribution is -2.24. The molecular weight excluding hydrogens is 356 g/mol. The molecule has 0 aliphatic carbocycles. The molecule has 0 N–H and O–H groups in total. The summed E-state index contributed by atoms with van der Waals surface area (Å²) < 4.78 is 5.00. The number of thioether (sulfide) groups is 1. The molecule has 0 bridgehead atoms. The number of hydrogen-bond acceptors (Lipinski definition) is 4. The van der Waals surface area contributed by atoms with Gasteiger partial charge in [0.05, 0.1) is 12.3 Å². The van der Waals surface area contributed by atoms with Crippen LogP contribution in [-0.4, -0.2) is 36.7 Å². The summed E-state index contributed by atoms with van der Waals surface area (Å²) >= 11 is 7.76.